The molecular weight excluding hydrogens is 181 g/mol. The second-order valence-electron chi connectivity index (χ2n) is 3.28. The van der Waals surface area contributed by atoms with E-state index in [0.29, 0.717) is 18.7 Å². The molecule has 0 spiro atoms. The van der Waals surface area contributed by atoms with Gasteiger partial charge in [-0.25, -0.2) is 4.39 Å². The third kappa shape index (κ3) is 1.31. The molecule has 3 heteroatoms. The summed E-state index contributed by atoms with van der Waals surface area (Å²) < 4.78 is 12.9. The summed E-state index contributed by atoms with van der Waals surface area (Å²) in [6, 6.07) is 4.26. The first-order chi connectivity index (χ1) is 6.72. The maximum Gasteiger partial charge on any atom is 0.254 e. The van der Waals surface area contributed by atoms with Crippen molar-refractivity contribution in [2.24, 2.45) is 0 Å². The van der Waals surface area contributed by atoms with Gasteiger partial charge < -0.3 is 4.90 Å². The Morgan fingerprint density at radius 3 is 3.07 bits per heavy atom. The molecule has 1 heterocycles. The van der Waals surface area contributed by atoms with Crippen LogP contribution in [0.2, 0.25) is 0 Å². The van der Waals surface area contributed by atoms with E-state index in [2.05, 4.69) is 6.58 Å². The molecule has 1 aromatic rings. The third-order valence-corrected chi connectivity index (χ3v) is 2.30. The molecule has 0 aliphatic carbocycles. The second kappa shape index (κ2) is 3.25. The van der Waals surface area contributed by atoms with Gasteiger partial charge in [0.2, 0.25) is 0 Å². The van der Waals surface area contributed by atoms with Crippen molar-refractivity contribution in [1.29, 1.82) is 0 Å². The number of hydrogen-bond acceptors (Lipinski definition) is 1. The van der Waals surface area contributed by atoms with Gasteiger partial charge in [-0.15, -0.1) is 6.58 Å². The van der Waals surface area contributed by atoms with Crippen LogP contribution in [0.5, 0.6) is 0 Å². The third-order valence-electron chi connectivity index (χ3n) is 2.30. The van der Waals surface area contributed by atoms with Gasteiger partial charge in [-0.3, -0.25) is 4.79 Å². The summed E-state index contributed by atoms with van der Waals surface area (Å²) in [5.74, 6) is -0.336. The predicted molar refractivity (Wildman–Crippen MR) is 51.3 cm³/mol. The molecule has 1 amide bonds. The van der Waals surface area contributed by atoms with Crippen LogP contribution in [-0.4, -0.2) is 17.4 Å². The maximum atomic E-state index is 12.9. The van der Waals surface area contributed by atoms with E-state index in [1.807, 2.05) is 0 Å². The molecule has 14 heavy (non-hydrogen) atoms. The molecule has 72 valence electrons. The van der Waals surface area contributed by atoms with Crippen molar-refractivity contribution >= 4 is 5.91 Å². The van der Waals surface area contributed by atoms with Crippen LogP contribution in [-0.2, 0) is 6.54 Å². The first-order valence-electron chi connectivity index (χ1n) is 4.41. The number of rotatable bonds is 2. The standard InChI is InChI=1S/C11H10FNO/c1-2-5-13-7-8-6-9(12)3-4-10(8)11(13)14/h2-4,6H,1,5,7H2. The fourth-order valence-corrected chi connectivity index (χ4v) is 1.65. The van der Waals surface area contributed by atoms with E-state index in [1.165, 1.54) is 18.2 Å². The van der Waals surface area contributed by atoms with E-state index in [9.17, 15) is 9.18 Å². The zero-order chi connectivity index (χ0) is 10.1. The van der Waals surface area contributed by atoms with Gasteiger partial charge in [-0.1, -0.05) is 6.08 Å². The van der Waals surface area contributed by atoms with Crippen LogP contribution in [0, 0.1) is 5.82 Å². The van der Waals surface area contributed by atoms with Crippen molar-refractivity contribution in [3.63, 3.8) is 0 Å². The normalized spacial score (nSPS) is 14.4. The van der Waals surface area contributed by atoms with Crippen molar-refractivity contribution in [1.82, 2.24) is 4.90 Å². The Morgan fingerprint density at radius 1 is 1.57 bits per heavy atom. The minimum Gasteiger partial charge on any atom is -0.331 e. The van der Waals surface area contributed by atoms with Gasteiger partial charge in [-0.05, 0) is 23.8 Å². The minimum absolute atomic E-state index is 0.0418. The molecular formula is C11H10FNO. The average molecular weight is 191 g/mol. The molecule has 0 radical (unpaired) electrons. The van der Waals surface area contributed by atoms with Crippen molar-refractivity contribution in [2.75, 3.05) is 6.54 Å². The predicted octanol–water partition coefficient (Wildman–Crippen LogP) is 1.97. The molecule has 0 aromatic heterocycles. The van der Waals surface area contributed by atoms with Crippen LogP contribution in [0.4, 0.5) is 4.39 Å². The molecule has 0 atom stereocenters. The van der Waals surface area contributed by atoms with Gasteiger partial charge in [0.05, 0.1) is 0 Å². The van der Waals surface area contributed by atoms with Crippen molar-refractivity contribution in [3.05, 3.63) is 47.8 Å². The molecule has 0 saturated heterocycles. The lowest BCUT2D eigenvalue weighted by Gasteiger charge is -2.11. The lowest BCUT2D eigenvalue weighted by Crippen LogP contribution is -2.23. The Hall–Kier alpha value is -1.64. The molecule has 2 rings (SSSR count). The number of fused-ring (bicyclic) bond motifs is 1. The first-order valence-corrected chi connectivity index (χ1v) is 4.41. The molecule has 1 aromatic carbocycles. The lowest BCUT2D eigenvalue weighted by molar-refractivity contribution is 0.0796. The molecule has 0 saturated carbocycles. The topological polar surface area (TPSA) is 20.3 Å². The number of carbonyl (C=O) groups is 1. The largest absolute Gasteiger partial charge is 0.331 e. The Labute approximate surface area is 81.6 Å². The van der Waals surface area contributed by atoms with Crippen molar-refractivity contribution in [2.45, 2.75) is 6.54 Å². The monoisotopic (exact) mass is 191 g/mol. The van der Waals surface area contributed by atoms with Crippen molar-refractivity contribution in [3.8, 4) is 0 Å². The van der Waals surface area contributed by atoms with E-state index in [-0.39, 0.29) is 11.7 Å². The summed E-state index contributed by atoms with van der Waals surface area (Å²) in [6.07, 6.45) is 1.67. The highest BCUT2D eigenvalue weighted by Crippen LogP contribution is 2.22. The molecule has 0 N–H and O–H groups in total. The van der Waals surface area contributed by atoms with Gasteiger partial charge in [0.15, 0.2) is 0 Å². The smallest absolute Gasteiger partial charge is 0.254 e. The van der Waals surface area contributed by atoms with Crippen LogP contribution >= 0.6 is 0 Å². The van der Waals surface area contributed by atoms with Crippen LogP contribution in [0.1, 0.15) is 15.9 Å². The second-order valence-corrected chi connectivity index (χ2v) is 3.28. The first kappa shape index (κ1) is 8.94. The number of hydrogen-bond donors (Lipinski definition) is 0. The van der Waals surface area contributed by atoms with E-state index in [0.717, 1.165) is 5.56 Å². The molecule has 2 nitrogen and oxygen atoms in total. The summed E-state index contributed by atoms with van der Waals surface area (Å²) in [4.78, 5) is 13.3. The fourth-order valence-electron chi connectivity index (χ4n) is 1.65. The van der Waals surface area contributed by atoms with E-state index in [1.54, 1.807) is 11.0 Å². The van der Waals surface area contributed by atoms with Crippen LogP contribution in [0.15, 0.2) is 30.9 Å². The summed E-state index contributed by atoms with van der Waals surface area (Å²) in [7, 11) is 0. The Morgan fingerprint density at radius 2 is 2.36 bits per heavy atom. The van der Waals surface area contributed by atoms with E-state index < -0.39 is 0 Å². The van der Waals surface area contributed by atoms with Crippen molar-refractivity contribution < 1.29 is 9.18 Å². The summed E-state index contributed by atoms with van der Waals surface area (Å²) in [6.45, 7) is 4.56. The van der Waals surface area contributed by atoms with Gasteiger partial charge in [0.1, 0.15) is 5.82 Å². The van der Waals surface area contributed by atoms with Crippen LogP contribution in [0.25, 0.3) is 0 Å². The number of halogens is 1. The zero-order valence-corrected chi connectivity index (χ0v) is 7.66. The van der Waals surface area contributed by atoms with Gasteiger partial charge in [0, 0.05) is 18.7 Å². The summed E-state index contributed by atoms with van der Waals surface area (Å²) in [5, 5.41) is 0. The zero-order valence-electron chi connectivity index (χ0n) is 7.66. The number of amides is 1. The Kier molecular flexibility index (Phi) is 2.08. The van der Waals surface area contributed by atoms with E-state index in [4.69, 9.17) is 0 Å². The molecule has 0 unspecified atom stereocenters. The highest BCUT2D eigenvalue weighted by molar-refractivity contribution is 5.98. The lowest BCUT2D eigenvalue weighted by atomic mass is 10.1. The highest BCUT2D eigenvalue weighted by atomic mass is 19.1. The number of nitrogens with zero attached hydrogens (tertiary/aromatic N) is 1. The summed E-state index contributed by atoms with van der Waals surface area (Å²) >= 11 is 0. The Bertz CT molecular complexity index is 400. The quantitative estimate of drug-likeness (QED) is 0.654. The minimum atomic E-state index is -0.294. The highest BCUT2D eigenvalue weighted by Gasteiger charge is 2.26. The number of benzene rings is 1. The molecule has 0 fully saturated rings. The van der Waals surface area contributed by atoms with Gasteiger partial charge in [-0.2, -0.15) is 0 Å². The van der Waals surface area contributed by atoms with Gasteiger partial charge in [0.25, 0.3) is 5.91 Å². The van der Waals surface area contributed by atoms with E-state index >= 15 is 0 Å². The Balaban J connectivity index is 2.35. The molecule has 1 aliphatic rings. The van der Waals surface area contributed by atoms with Gasteiger partial charge >= 0.3 is 0 Å². The summed E-state index contributed by atoms with van der Waals surface area (Å²) in [5.41, 5.74) is 1.37. The average Bonchev–Trinajstić information content (AvgIpc) is 2.44. The number of carbonyl (C=O) groups excluding carboxylic acids is 1. The molecule has 0 bridgehead atoms. The fraction of sp³-hybridized carbons (Fsp3) is 0.182. The molecule has 1 aliphatic heterocycles. The van der Waals surface area contributed by atoms with Crippen LogP contribution in [0.3, 0.4) is 0 Å². The SMILES string of the molecule is C=CCN1Cc2cc(F)ccc2C1=O. The maximum absolute atomic E-state index is 12.9. The van der Waals surface area contributed by atoms with Crippen LogP contribution < -0.4 is 0 Å².